The highest BCUT2D eigenvalue weighted by Gasteiger charge is 2.12. The van der Waals surface area contributed by atoms with Crippen molar-refractivity contribution in [1.29, 1.82) is 0 Å². The standard InChI is InChI=1S/C16H15ClN2.ClH/c1-11-16(10-17)19(12(2)18-11)15-8-7-13-5-3-4-6-14(13)9-15;/h3-9H,10H2,1-2H3;1H. The third kappa shape index (κ3) is 2.41. The Labute approximate surface area is 129 Å². The number of rotatable bonds is 2. The van der Waals surface area contributed by atoms with Gasteiger partial charge in [0.05, 0.1) is 17.3 Å². The Bertz CT molecular complexity index is 747. The average molecular weight is 307 g/mol. The number of nitrogens with zero attached hydrogens (tertiary/aromatic N) is 2. The molecule has 0 saturated heterocycles. The lowest BCUT2D eigenvalue weighted by Crippen LogP contribution is -2.01. The lowest BCUT2D eigenvalue weighted by Gasteiger charge is -2.10. The van der Waals surface area contributed by atoms with Crippen LogP contribution in [0.4, 0.5) is 0 Å². The highest BCUT2D eigenvalue weighted by molar-refractivity contribution is 6.17. The summed E-state index contributed by atoms with van der Waals surface area (Å²) in [6.45, 7) is 4.01. The third-order valence-corrected chi connectivity index (χ3v) is 3.71. The molecule has 20 heavy (non-hydrogen) atoms. The summed E-state index contributed by atoms with van der Waals surface area (Å²) in [6, 6.07) is 14.8. The number of halogens is 2. The summed E-state index contributed by atoms with van der Waals surface area (Å²) in [6.07, 6.45) is 0. The van der Waals surface area contributed by atoms with Crippen LogP contribution in [0.5, 0.6) is 0 Å². The Morgan fingerprint density at radius 2 is 1.75 bits per heavy atom. The molecule has 0 saturated carbocycles. The van der Waals surface area contributed by atoms with Gasteiger partial charge in [-0.05, 0) is 36.8 Å². The molecule has 2 nitrogen and oxygen atoms in total. The van der Waals surface area contributed by atoms with Gasteiger partial charge in [-0.15, -0.1) is 24.0 Å². The largest absolute Gasteiger partial charge is 0.299 e. The Kier molecular flexibility index (Phi) is 4.36. The van der Waals surface area contributed by atoms with Crippen molar-refractivity contribution in [3.05, 3.63) is 59.7 Å². The molecule has 0 amide bonds. The number of alkyl halides is 1. The summed E-state index contributed by atoms with van der Waals surface area (Å²) in [5.74, 6) is 1.45. The number of aryl methyl sites for hydroxylation is 2. The molecule has 0 fully saturated rings. The van der Waals surface area contributed by atoms with Crippen LogP contribution in [-0.2, 0) is 5.88 Å². The van der Waals surface area contributed by atoms with Gasteiger partial charge in [0.15, 0.2) is 0 Å². The number of hydrogen-bond acceptors (Lipinski definition) is 1. The van der Waals surface area contributed by atoms with Crippen LogP contribution in [0.15, 0.2) is 42.5 Å². The normalized spacial score (nSPS) is 10.6. The molecule has 1 aromatic heterocycles. The van der Waals surface area contributed by atoms with Crippen molar-refractivity contribution in [3.8, 4) is 5.69 Å². The third-order valence-electron chi connectivity index (χ3n) is 3.46. The van der Waals surface area contributed by atoms with Gasteiger partial charge >= 0.3 is 0 Å². The monoisotopic (exact) mass is 306 g/mol. The van der Waals surface area contributed by atoms with Crippen LogP contribution in [0.25, 0.3) is 16.5 Å². The molecular weight excluding hydrogens is 291 g/mol. The Morgan fingerprint density at radius 3 is 2.45 bits per heavy atom. The minimum atomic E-state index is 0. The lowest BCUT2D eigenvalue weighted by atomic mass is 10.1. The minimum Gasteiger partial charge on any atom is -0.299 e. The zero-order valence-corrected chi connectivity index (χ0v) is 13.0. The van der Waals surface area contributed by atoms with Crippen LogP contribution >= 0.6 is 24.0 Å². The first-order valence-electron chi connectivity index (χ1n) is 6.30. The molecule has 4 heteroatoms. The Hall–Kier alpha value is -1.51. The number of benzene rings is 2. The number of aromatic nitrogens is 2. The molecule has 0 aliphatic heterocycles. The lowest BCUT2D eigenvalue weighted by molar-refractivity contribution is 0.934. The molecule has 1 heterocycles. The van der Waals surface area contributed by atoms with Crippen molar-refractivity contribution in [2.75, 3.05) is 0 Å². The fourth-order valence-corrected chi connectivity index (χ4v) is 2.84. The SMILES string of the molecule is Cc1nc(C)n(-c2ccc3ccccc3c2)c1CCl.Cl. The Morgan fingerprint density at radius 1 is 1.05 bits per heavy atom. The van der Waals surface area contributed by atoms with E-state index in [1.165, 1.54) is 10.8 Å². The predicted octanol–water partition coefficient (Wildman–Crippen LogP) is 4.80. The molecule has 0 atom stereocenters. The summed E-state index contributed by atoms with van der Waals surface area (Å²) in [7, 11) is 0. The van der Waals surface area contributed by atoms with E-state index in [4.69, 9.17) is 11.6 Å². The minimum absolute atomic E-state index is 0. The van der Waals surface area contributed by atoms with Gasteiger partial charge < -0.3 is 0 Å². The van der Waals surface area contributed by atoms with Gasteiger partial charge in [0.25, 0.3) is 0 Å². The van der Waals surface area contributed by atoms with Gasteiger partial charge in [-0.1, -0.05) is 30.3 Å². The van der Waals surface area contributed by atoms with Gasteiger partial charge in [-0.2, -0.15) is 0 Å². The maximum atomic E-state index is 6.06. The molecule has 2 aromatic carbocycles. The summed E-state index contributed by atoms with van der Waals surface area (Å²) in [4.78, 5) is 4.52. The van der Waals surface area contributed by atoms with E-state index in [9.17, 15) is 0 Å². The quantitative estimate of drug-likeness (QED) is 0.622. The molecule has 0 spiro atoms. The second kappa shape index (κ2) is 5.86. The van der Waals surface area contributed by atoms with Crippen molar-refractivity contribution in [2.24, 2.45) is 0 Å². The van der Waals surface area contributed by atoms with Crippen molar-refractivity contribution < 1.29 is 0 Å². The van der Waals surface area contributed by atoms with Crippen LogP contribution in [0.2, 0.25) is 0 Å². The zero-order chi connectivity index (χ0) is 13.4. The van der Waals surface area contributed by atoms with E-state index in [2.05, 4.69) is 52.0 Å². The fourth-order valence-electron chi connectivity index (χ4n) is 2.53. The van der Waals surface area contributed by atoms with Gasteiger partial charge in [0.2, 0.25) is 0 Å². The maximum absolute atomic E-state index is 6.06. The van der Waals surface area contributed by atoms with Crippen LogP contribution < -0.4 is 0 Å². The van der Waals surface area contributed by atoms with Crippen LogP contribution in [0.1, 0.15) is 17.2 Å². The first-order chi connectivity index (χ1) is 9.20. The number of imidazole rings is 1. The zero-order valence-electron chi connectivity index (χ0n) is 11.4. The van der Waals surface area contributed by atoms with E-state index in [0.717, 1.165) is 22.9 Å². The Balaban J connectivity index is 0.00000147. The summed E-state index contributed by atoms with van der Waals surface area (Å²) in [5, 5.41) is 2.47. The topological polar surface area (TPSA) is 17.8 Å². The maximum Gasteiger partial charge on any atom is 0.110 e. The smallest absolute Gasteiger partial charge is 0.110 e. The van der Waals surface area contributed by atoms with Gasteiger partial charge in [-0.3, -0.25) is 4.57 Å². The summed E-state index contributed by atoms with van der Waals surface area (Å²) < 4.78 is 2.13. The first kappa shape index (κ1) is 14.9. The first-order valence-corrected chi connectivity index (χ1v) is 6.84. The van der Waals surface area contributed by atoms with Gasteiger partial charge in [0, 0.05) is 5.69 Å². The second-order valence-corrected chi connectivity index (χ2v) is 4.96. The molecule has 0 aliphatic carbocycles. The summed E-state index contributed by atoms with van der Waals surface area (Å²) in [5.41, 5.74) is 3.18. The van der Waals surface area contributed by atoms with Gasteiger partial charge in [-0.25, -0.2) is 4.98 Å². The number of hydrogen-bond donors (Lipinski definition) is 0. The molecule has 104 valence electrons. The molecule has 0 unspecified atom stereocenters. The van der Waals surface area contributed by atoms with Crippen LogP contribution in [0.3, 0.4) is 0 Å². The van der Waals surface area contributed by atoms with Crippen LogP contribution in [-0.4, -0.2) is 9.55 Å². The average Bonchev–Trinajstić information content (AvgIpc) is 2.72. The fraction of sp³-hybridized carbons (Fsp3) is 0.188. The van der Waals surface area contributed by atoms with E-state index in [1.54, 1.807) is 0 Å². The van der Waals surface area contributed by atoms with E-state index < -0.39 is 0 Å². The van der Waals surface area contributed by atoms with E-state index in [-0.39, 0.29) is 12.4 Å². The van der Waals surface area contributed by atoms with Crippen LogP contribution in [0, 0.1) is 13.8 Å². The van der Waals surface area contributed by atoms with Crippen molar-refractivity contribution in [3.63, 3.8) is 0 Å². The van der Waals surface area contributed by atoms with Crippen molar-refractivity contribution in [1.82, 2.24) is 9.55 Å². The molecular formula is C16H16Cl2N2. The van der Waals surface area contributed by atoms with Gasteiger partial charge in [0.1, 0.15) is 5.82 Å². The molecule has 0 aliphatic rings. The van der Waals surface area contributed by atoms with E-state index in [1.807, 2.05) is 13.8 Å². The molecule has 0 radical (unpaired) electrons. The van der Waals surface area contributed by atoms with Crippen molar-refractivity contribution >= 4 is 34.8 Å². The molecule has 3 aromatic rings. The number of fused-ring (bicyclic) bond motifs is 1. The highest BCUT2D eigenvalue weighted by atomic mass is 35.5. The van der Waals surface area contributed by atoms with Crippen molar-refractivity contribution in [2.45, 2.75) is 19.7 Å². The van der Waals surface area contributed by atoms with E-state index >= 15 is 0 Å². The second-order valence-electron chi connectivity index (χ2n) is 4.69. The predicted molar refractivity (Wildman–Crippen MR) is 87.3 cm³/mol. The molecule has 3 rings (SSSR count). The molecule has 0 bridgehead atoms. The summed E-state index contributed by atoms with van der Waals surface area (Å²) >= 11 is 6.06. The highest BCUT2D eigenvalue weighted by Crippen LogP contribution is 2.23. The molecule has 0 N–H and O–H groups in total. The van der Waals surface area contributed by atoms with E-state index in [0.29, 0.717) is 5.88 Å².